The Morgan fingerprint density at radius 2 is 1.88 bits per heavy atom. The predicted molar refractivity (Wildman–Crippen MR) is 100 cm³/mol. The Labute approximate surface area is 152 Å². The Balaban J connectivity index is 2.27. The Bertz CT molecular complexity index is 917. The molecule has 0 radical (unpaired) electrons. The van der Waals surface area contributed by atoms with Gasteiger partial charge in [-0.05, 0) is 51.4 Å². The van der Waals surface area contributed by atoms with Crippen LogP contribution in [0.5, 0.6) is 11.5 Å². The number of fused-ring (bicyclic) bond motifs is 1. The molecule has 0 bridgehead atoms. The number of nitrogens with two attached hydrogens (primary N) is 2. The van der Waals surface area contributed by atoms with Crippen LogP contribution < -0.4 is 21.0 Å². The molecule has 0 aliphatic carbocycles. The van der Waals surface area contributed by atoms with Crippen LogP contribution in [0.4, 0.5) is 5.69 Å². The molecule has 5 N–H and O–H groups in total. The van der Waals surface area contributed by atoms with E-state index in [1.165, 1.54) is 0 Å². The fourth-order valence-corrected chi connectivity index (χ4v) is 3.31. The molecule has 0 spiro atoms. The van der Waals surface area contributed by atoms with Crippen molar-refractivity contribution in [3.63, 3.8) is 0 Å². The second-order valence-electron chi connectivity index (χ2n) is 6.49. The van der Waals surface area contributed by atoms with Gasteiger partial charge in [-0.3, -0.25) is 0 Å². The van der Waals surface area contributed by atoms with E-state index >= 15 is 0 Å². The van der Waals surface area contributed by atoms with Crippen molar-refractivity contribution in [1.29, 1.82) is 0 Å². The third kappa shape index (κ3) is 3.13. The fourth-order valence-electron chi connectivity index (χ4n) is 3.31. The number of hydrogen-bond donors (Lipinski definition) is 3. The number of methoxy groups -OCH3 is 1. The van der Waals surface area contributed by atoms with Gasteiger partial charge in [-0.25, -0.2) is 5.21 Å². The standard InChI is InChI=1S/C19H24N4O3/c1-12-19(21-24)16-9-13(11-22(2)3)18(26-20)10-17(16)23(12)14-5-7-15(25-4)8-6-14/h5-10,21,24H,11,20H2,1-4H3/p+1. The van der Waals surface area contributed by atoms with Crippen molar-refractivity contribution < 1.29 is 20.3 Å². The minimum atomic E-state index is 0.614. The van der Waals surface area contributed by atoms with Crippen LogP contribution in [0.25, 0.3) is 16.6 Å². The van der Waals surface area contributed by atoms with E-state index in [9.17, 15) is 5.21 Å². The number of rotatable bonds is 6. The van der Waals surface area contributed by atoms with Crippen LogP contribution in [0.15, 0.2) is 36.4 Å². The molecule has 26 heavy (non-hydrogen) atoms. The van der Waals surface area contributed by atoms with Gasteiger partial charge in [0, 0.05) is 23.9 Å². The van der Waals surface area contributed by atoms with Crippen molar-refractivity contribution in [2.24, 2.45) is 5.90 Å². The second-order valence-corrected chi connectivity index (χ2v) is 6.49. The summed E-state index contributed by atoms with van der Waals surface area (Å²) in [6.45, 7) is 2.65. The summed E-state index contributed by atoms with van der Waals surface area (Å²) >= 11 is 0. The van der Waals surface area contributed by atoms with Crippen molar-refractivity contribution >= 4 is 16.6 Å². The minimum Gasteiger partial charge on any atom is -0.497 e. The average Bonchev–Trinajstić information content (AvgIpc) is 2.90. The molecule has 0 unspecified atom stereocenters. The summed E-state index contributed by atoms with van der Waals surface area (Å²) in [5, 5.41) is 10.8. The van der Waals surface area contributed by atoms with E-state index in [-0.39, 0.29) is 0 Å². The molecule has 3 rings (SSSR count). The van der Waals surface area contributed by atoms with Gasteiger partial charge in [0.15, 0.2) is 11.4 Å². The van der Waals surface area contributed by atoms with Gasteiger partial charge in [-0.15, -0.1) is 0 Å². The lowest BCUT2D eigenvalue weighted by molar-refractivity contribution is -0.825. The predicted octanol–water partition coefficient (Wildman–Crippen LogP) is 1.85. The number of ether oxygens (including phenoxy) is 1. The smallest absolute Gasteiger partial charge is 0.190 e. The van der Waals surface area contributed by atoms with Gasteiger partial charge < -0.3 is 19.0 Å². The fraction of sp³-hybridized carbons (Fsp3) is 0.263. The maximum atomic E-state index is 9.83. The Kier molecular flexibility index (Phi) is 5.15. The maximum Gasteiger partial charge on any atom is 0.190 e. The molecule has 0 aliphatic rings. The molecular weight excluding hydrogens is 332 g/mol. The summed E-state index contributed by atoms with van der Waals surface area (Å²) < 4.78 is 7.31. The van der Waals surface area contributed by atoms with Crippen LogP contribution in [0.3, 0.4) is 0 Å². The molecule has 3 aromatic rings. The summed E-state index contributed by atoms with van der Waals surface area (Å²) in [6, 6.07) is 11.7. The zero-order valence-corrected chi connectivity index (χ0v) is 15.5. The van der Waals surface area contributed by atoms with Crippen molar-refractivity contribution in [2.45, 2.75) is 13.5 Å². The van der Waals surface area contributed by atoms with Gasteiger partial charge in [0.25, 0.3) is 0 Å². The first-order chi connectivity index (χ1) is 12.5. The first-order valence-corrected chi connectivity index (χ1v) is 8.31. The highest BCUT2D eigenvalue weighted by Gasteiger charge is 2.21. The molecule has 0 atom stereocenters. The van der Waals surface area contributed by atoms with E-state index in [0.717, 1.165) is 44.8 Å². The van der Waals surface area contributed by atoms with E-state index in [0.29, 0.717) is 12.3 Å². The molecule has 2 aromatic carbocycles. The molecule has 0 amide bonds. The molecule has 0 aliphatic heterocycles. The highest BCUT2D eigenvalue weighted by atomic mass is 16.6. The Morgan fingerprint density at radius 3 is 2.42 bits per heavy atom. The van der Waals surface area contributed by atoms with Crippen LogP contribution in [0, 0.1) is 6.92 Å². The summed E-state index contributed by atoms with van der Waals surface area (Å²) in [7, 11) is 5.61. The van der Waals surface area contributed by atoms with Gasteiger partial charge >= 0.3 is 0 Å². The molecule has 1 heterocycles. The van der Waals surface area contributed by atoms with Crippen molar-refractivity contribution in [3.8, 4) is 17.2 Å². The van der Waals surface area contributed by atoms with Gasteiger partial charge in [-0.2, -0.15) is 11.4 Å². The number of aromatic nitrogens is 1. The minimum absolute atomic E-state index is 0.614. The number of benzene rings is 2. The maximum absolute atomic E-state index is 9.83. The monoisotopic (exact) mass is 357 g/mol. The van der Waals surface area contributed by atoms with Crippen LogP contribution >= 0.6 is 0 Å². The van der Waals surface area contributed by atoms with Crippen LogP contribution in [-0.4, -0.2) is 35.9 Å². The zero-order valence-electron chi connectivity index (χ0n) is 15.5. The van der Waals surface area contributed by atoms with Crippen molar-refractivity contribution in [1.82, 2.24) is 9.47 Å². The molecule has 0 saturated heterocycles. The van der Waals surface area contributed by atoms with E-state index in [2.05, 4.69) is 4.57 Å². The Hall–Kier alpha value is -2.58. The number of hydrogen-bond acceptors (Lipinski definition) is 5. The lowest BCUT2D eigenvalue weighted by atomic mass is 10.1. The number of nitrogens with zero attached hydrogens (tertiary/aromatic N) is 2. The SMILES string of the molecule is COc1ccc(-n2c(C)c([NH2+]O)c3cc(CN(C)C)c(ON)cc32)cc1. The highest BCUT2D eigenvalue weighted by molar-refractivity contribution is 5.94. The lowest BCUT2D eigenvalue weighted by Gasteiger charge is -2.14. The van der Waals surface area contributed by atoms with Gasteiger partial charge in [0.05, 0.1) is 23.7 Å². The second kappa shape index (κ2) is 7.35. The van der Waals surface area contributed by atoms with Crippen LogP contribution in [0.2, 0.25) is 0 Å². The summed E-state index contributed by atoms with van der Waals surface area (Å²) in [6.07, 6.45) is 0. The topological polar surface area (TPSA) is 89.5 Å². The molecule has 7 nitrogen and oxygen atoms in total. The first-order valence-electron chi connectivity index (χ1n) is 8.31. The van der Waals surface area contributed by atoms with Gasteiger partial charge in [0.1, 0.15) is 5.75 Å². The van der Waals surface area contributed by atoms with E-state index in [4.69, 9.17) is 15.5 Å². The number of quaternary nitrogens is 1. The quantitative estimate of drug-likeness (QED) is 0.586. The summed E-state index contributed by atoms with van der Waals surface area (Å²) in [5.41, 5.74) is 5.69. The van der Waals surface area contributed by atoms with E-state index in [1.807, 2.05) is 62.3 Å². The molecular formula is C19H25N4O3+. The third-order valence-electron chi connectivity index (χ3n) is 4.51. The molecule has 0 saturated carbocycles. The molecule has 0 fully saturated rings. The summed E-state index contributed by atoms with van der Waals surface area (Å²) in [5.74, 6) is 6.92. The lowest BCUT2D eigenvalue weighted by Crippen LogP contribution is -2.74. The van der Waals surface area contributed by atoms with Gasteiger partial charge in [0.2, 0.25) is 0 Å². The highest BCUT2D eigenvalue weighted by Crippen LogP contribution is 2.35. The van der Waals surface area contributed by atoms with E-state index < -0.39 is 0 Å². The largest absolute Gasteiger partial charge is 0.497 e. The molecule has 7 heteroatoms. The first kappa shape index (κ1) is 18.2. The molecule has 138 valence electrons. The zero-order chi connectivity index (χ0) is 18.8. The van der Waals surface area contributed by atoms with E-state index in [1.54, 1.807) is 7.11 Å². The normalized spacial score (nSPS) is 11.3. The molecule has 1 aromatic heterocycles. The van der Waals surface area contributed by atoms with Crippen molar-refractivity contribution in [3.05, 3.63) is 47.7 Å². The van der Waals surface area contributed by atoms with Crippen LogP contribution in [0.1, 0.15) is 11.3 Å². The van der Waals surface area contributed by atoms with Gasteiger partial charge in [-0.1, -0.05) is 0 Å². The van der Waals surface area contributed by atoms with Crippen LogP contribution in [-0.2, 0) is 6.54 Å². The van der Waals surface area contributed by atoms with Crippen molar-refractivity contribution in [2.75, 3.05) is 21.2 Å². The third-order valence-corrected chi connectivity index (χ3v) is 4.51. The average molecular weight is 357 g/mol. The Morgan fingerprint density at radius 1 is 1.19 bits per heavy atom. The summed E-state index contributed by atoms with van der Waals surface area (Å²) in [4.78, 5) is 7.17.